The number of amides is 1. The van der Waals surface area contributed by atoms with Crippen molar-refractivity contribution in [3.63, 3.8) is 0 Å². The third-order valence-electron chi connectivity index (χ3n) is 7.51. The number of nitrogens with zero attached hydrogens (tertiary/aromatic N) is 4. The summed E-state index contributed by atoms with van der Waals surface area (Å²) in [6.07, 6.45) is 0.917. The Morgan fingerprint density at radius 3 is 2.71 bits per heavy atom. The van der Waals surface area contributed by atoms with Crippen molar-refractivity contribution in [3.8, 4) is 11.8 Å². The molecule has 42 heavy (non-hydrogen) atoms. The molecule has 3 aromatic rings. The summed E-state index contributed by atoms with van der Waals surface area (Å²) in [4.78, 5) is 28.1. The van der Waals surface area contributed by atoms with E-state index in [1.165, 1.54) is 23.1 Å². The molecular formula is C31H32N6O3S2. The summed E-state index contributed by atoms with van der Waals surface area (Å²) in [5.41, 5.74) is 11.7. The Kier molecular flexibility index (Phi) is 8.12. The predicted octanol–water partition coefficient (Wildman–Crippen LogP) is 5.84. The lowest BCUT2D eigenvalue weighted by Crippen LogP contribution is -2.42. The van der Waals surface area contributed by atoms with Gasteiger partial charge in [-0.3, -0.25) is 14.5 Å². The number of thioether (sulfide) groups is 1. The van der Waals surface area contributed by atoms with E-state index in [2.05, 4.69) is 21.6 Å². The second-order valence-corrected chi connectivity index (χ2v) is 13.4. The summed E-state index contributed by atoms with van der Waals surface area (Å²) in [5.74, 6) is 0.194. The summed E-state index contributed by atoms with van der Waals surface area (Å²) >= 11 is 2.53. The van der Waals surface area contributed by atoms with Crippen LogP contribution in [-0.2, 0) is 9.59 Å². The number of rotatable bonds is 7. The zero-order chi connectivity index (χ0) is 30.2. The maximum absolute atomic E-state index is 13.7. The molecule has 1 aromatic heterocycles. The van der Waals surface area contributed by atoms with E-state index in [4.69, 9.17) is 10.5 Å². The Labute approximate surface area is 253 Å². The first-order valence-electron chi connectivity index (χ1n) is 13.4. The highest BCUT2D eigenvalue weighted by Crippen LogP contribution is 2.51. The number of carbonyl (C=O) groups is 2. The molecule has 5 rings (SSSR count). The predicted molar refractivity (Wildman–Crippen MR) is 165 cm³/mol. The van der Waals surface area contributed by atoms with E-state index in [9.17, 15) is 14.9 Å². The van der Waals surface area contributed by atoms with Gasteiger partial charge in [-0.25, -0.2) is 0 Å². The van der Waals surface area contributed by atoms with E-state index >= 15 is 0 Å². The number of hydrogen-bond acceptors (Lipinski definition) is 10. The molecule has 2 heterocycles. The lowest BCUT2D eigenvalue weighted by molar-refractivity contribution is -0.118. The number of nitrogens with one attached hydrogen (secondary N) is 1. The van der Waals surface area contributed by atoms with Crippen molar-refractivity contribution in [2.75, 3.05) is 23.1 Å². The summed E-state index contributed by atoms with van der Waals surface area (Å²) in [6, 6.07) is 15.4. The van der Waals surface area contributed by atoms with Crippen LogP contribution in [0.25, 0.3) is 0 Å². The first-order chi connectivity index (χ1) is 20.0. The number of nitrogens with two attached hydrogens (primary N) is 1. The van der Waals surface area contributed by atoms with Crippen LogP contribution < -0.4 is 20.7 Å². The second kappa shape index (κ2) is 11.6. The van der Waals surface area contributed by atoms with E-state index in [0.717, 1.165) is 28.1 Å². The molecule has 0 spiro atoms. The van der Waals surface area contributed by atoms with Crippen molar-refractivity contribution in [3.05, 3.63) is 81.8 Å². The molecule has 2 aliphatic rings. The van der Waals surface area contributed by atoms with E-state index in [1.54, 1.807) is 12.0 Å². The summed E-state index contributed by atoms with van der Waals surface area (Å²) in [5, 5.41) is 22.4. The zero-order valence-corrected chi connectivity index (χ0v) is 25.8. The van der Waals surface area contributed by atoms with Crippen molar-refractivity contribution in [2.45, 2.75) is 50.8 Å². The lowest BCUT2D eigenvalue weighted by Gasteiger charge is -2.42. The molecule has 0 radical (unpaired) electrons. The van der Waals surface area contributed by atoms with Gasteiger partial charge in [-0.15, -0.1) is 10.2 Å². The number of nitriles is 1. The fourth-order valence-electron chi connectivity index (χ4n) is 5.38. The van der Waals surface area contributed by atoms with Gasteiger partial charge < -0.3 is 15.8 Å². The van der Waals surface area contributed by atoms with Gasteiger partial charge in [0.25, 0.3) is 0 Å². The monoisotopic (exact) mass is 600 g/mol. The van der Waals surface area contributed by atoms with Crippen LogP contribution in [0.15, 0.2) is 69.5 Å². The number of ketones is 1. The highest BCUT2D eigenvalue weighted by Gasteiger charge is 2.45. The fourth-order valence-corrected chi connectivity index (χ4v) is 7.06. The Hall–Kier alpha value is -4.14. The molecule has 216 valence electrons. The van der Waals surface area contributed by atoms with Gasteiger partial charge in [0.05, 0.1) is 30.4 Å². The van der Waals surface area contributed by atoms with Crippen molar-refractivity contribution < 1.29 is 14.3 Å². The molecule has 0 bridgehead atoms. The molecule has 3 N–H and O–H groups in total. The summed E-state index contributed by atoms with van der Waals surface area (Å²) in [7, 11) is 1.58. The Morgan fingerprint density at radius 1 is 1.21 bits per heavy atom. The van der Waals surface area contributed by atoms with Gasteiger partial charge in [0.2, 0.25) is 11.0 Å². The average molecular weight is 601 g/mol. The molecule has 1 atom stereocenters. The van der Waals surface area contributed by atoms with Crippen molar-refractivity contribution >= 4 is 45.6 Å². The molecule has 1 unspecified atom stereocenters. The molecule has 0 saturated heterocycles. The fraction of sp³-hybridized carbons (Fsp3) is 0.323. The highest BCUT2D eigenvalue weighted by molar-refractivity contribution is 8.01. The molecule has 0 fully saturated rings. The summed E-state index contributed by atoms with van der Waals surface area (Å²) in [6.45, 7) is 8.11. The molecule has 1 aliphatic heterocycles. The lowest BCUT2D eigenvalue weighted by atomic mass is 9.68. The van der Waals surface area contributed by atoms with Gasteiger partial charge in [-0.2, -0.15) is 5.26 Å². The van der Waals surface area contributed by atoms with Gasteiger partial charge in [0.1, 0.15) is 11.6 Å². The van der Waals surface area contributed by atoms with Gasteiger partial charge >= 0.3 is 0 Å². The number of anilines is 2. The number of aromatic nitrogens is 2. The second-order valence-electron chi connectivity index (χ2n) is 11.2. The van der Waals surface area contributed by atoms with Crippen LogP contribution >= 0.6 is 23.1 Å². The zero-order valence-electron chi connectivity index (χ0n) is 24.1. The first kappa shape index (κ1) is 29.4. The number of benzene rings is 2. The van der Waals surface area contributed by atoms with Crippen molar-refractivity contribution in [1.29, 1.82) is 5.26 Å². The van der Waals surface area contributed by atoms with Crippen LogP contribution in [0.4, 0.5) is 10.8 Å². The normalized spacial score (nSPS) is 18.0. The van der Waals surface area contributed by atoms with Crippen LogP contribution in [0.3, 0.4) is 0 Å². The van der Waals surface area contributed by atoms with Crippen molar-refractivity contribution in [2.24, 2.45) is 11.1 Å². The average Bonchev–Trinajstić information content (AvgIpc) is 3.41. The van der Waals surface area contributed by atoms with E-state index in [1.807, 2.05) is 70.2 Å². The van der Waals surface area contributed by atoms with E-state index in [-0.39, 0.29) is 34.3 Å². The van der Waals surface area contributed by atoms with Crippen LogP contribution in [0, 0.1) is 30.6 Å². The van der Waals surface area contributed by atoms with Gasteiger partial charge in [0, 0.05) is 23.4 Å². The molecular weight excluding hydrogens is 569 g/mol. The van der Waals surface area contributed by atoms with Crippen LogP contribution in [0.1, 0.15) is 49.3 Å². The minimum Gasteiger partial charge on any atom is -0.497 e. The minimum atomic E-state index is -0.615. The number of methoxy groups -OCH3 is 1. The number of ether oxygens (including phenoxy) is 1. The van der Waals surface area contributed by atoms with Gasteiger partial charge in [-0.05, 0) is 66.6 Å². The topological polar surface area (TPSA) is 134 Å². The number of hydrogen-bond donors (Lipinski definition) is 2. The number of aryl methyl sites for hydroxylation is 2. The van der Waals surface area contributed by atoms with Gasteiger partial charge in [-0.1, -0.05) is 55.1 Å². The van der Waals surface area contributed by atoms with Gasteiger partial charge in [0.15, 0.2) is 10.1 Å². The largest absolute Gasteiger partial charge is 0.497 e. The Morgan fingerprint density at radius 2 is 2.00 bits per heavy atom. The van der Waals surface area contributed by atoms with Crippen LogP contribution in [0.2, 0.25) is 0 Å². The summed E-state index contributed by atoms with van der Waals surface area (Å²) < 4.78 is 6.00. The SMILES string of the molecule is COc1cccc(C2C(C#N)=C(N)N(c3nnc(SCC(=O)Nc4ccc(C)c(C)c4)s3)C3=C2C(=O)CC(C)(C)C3)c1. The third kappa shape index (κ3) is 5.78. The molecule has 0 saturated carbocycles. The molecule has 9 nitrogen and oxygen atoms in total. The number of carbonyl (C=O) groups excluding carboxylic acids is 2. The molecule has 11 heteroatoms. The highest BCUT2D eigenvalue weighted by atomic mass is 32.2. The maximum atomic E-state index is 13.7. The molecule has 2 aromatic carbocycles. The Balaban J connectivity index is 1.46. The molecule has 1 amide bonds. The quantitative estimate of drug-likeness (QED) is 0.321. The van der Waals surface area contributed by atoms with Crippen LogP contribution in [-0.4, -0.2) is 34.8 Å². The van der Waals surface area contributed by atoms with Crippen molar-refractivity contribution in [1.82, 2.24) is 10.2 Å². The van der Waals surface area contributed by atoms with E-state index in [0.29, 0.717) is 33.6 Å². The van der Waals surface area contributed by atoms with Crippen LogP contribution in [0.5, 0.6) is 5.75 Å². The smallest absolute Gasteiger partial charge is 0.234 e. The number of allylic oxidation sites excluding steroid dienone is 3. The standard InChI is InChI=1S/C31H32N6O3S2/c1-17-9-10-20(11-18(17)2)34-25(39)16-41-30-36-35-29(42-30)37-23-13-31(3,4)14-24(38)27(23)26(22(15-32)28(37)33)19-7-6-8-21(12-19)40-5/h6-12,26H,13-14,16,33H2,1-5H3,(H,34,39). The minimum absolute atomic E-state index is 0.0264. The van der Waals surface area contributed by atoms with E-state index < -0.39 is 5.92 Å². The number of Topliss-reactive ketones (excluding diaryl/α,β-unsaturated/α-hetero) is 1. The Bertz CT molecular complexity index is 1680. The third-order valence-corrected chi connectivity index (χ3v) is 9.55. The first-order valence-corrected chi connectivity index (χ1v) is 15.2. The maximum Gasteiger partial charge on any atom is 0.234 e. The molecule has 1 aliphatic carbocycles.